The maximum atomic E-state index is 8.78. The molecule has 0 spiro atoms. The average molecular weight is 194 g/mol. The van der Waals surface area contributed by atoms with Crippen molar-refractivity contribution >= 4 is 0 Å². The molecule has 0 unspecified atom stereocenters. The predicted octanol–water partition coefficient (Wildman–Crippen LogP) is 3.80. The zero-order valence-corrected chi connectivity index (χ0v) is 8.65. The molecule has 1 N–H and O–H groups in total. The Kier molecular flexibility index (Phi) is 5.27. The van der Waals surface area contributed by atoms with Gasteiger partial charge >= 0.3 is 0 Å². The van der Waals surface area contributed by atoms with E-state index in [1.165, 1.54) is 12.8 Å². The third-order valence-electron chi connectivity index (χ3n) is 2.37. The third-order valence-corrected chi connectivity index (χ3v) is 2.37. The van der Waals surface area contributed by atoms with E-state index in [9.17, 15) is 0 Å². The molecule has 1 atom stereocenters. The van der Waals surface area contributed by atoms with Crippen LogP contribution in [0.3, 0.4) is 0 Å². The van der Waals surface area contributed by atoms with Gasteiger partial charge in [-0.3, -0.25) is 5.26 Å². The van der Waals surface area contributed by atoms with E-state index in [0.717, 1.165) is 18.4 Å². The molecule has 0 aliphatic rings. The van der Waals surface area contributed by atoms with Gasteiger partial charge in [-0.2, -0.15) is 0 Å². The molecule has 0 radical (unpaired) electrons. The second-order valence-corrected chi connectivity index (χ2v) is 3.50. The highest BCUT2D eigenvalue weighted by Gasteiger charge is 2.10. The van der Waals surface area contributed by atoms with Crippen LogP contribution in [0.2, 0.25) is 0 Å². The average Bonchev–Trinajstić information content (AvgIpc) is 2.26. The Hall–Kier alpha value is -0.860. The van der Waals surface area contributed by atoms with Crippen molar-refractivity contribution in [3.8, 4) is 0 Å². The summed E-state index contributed by atoms with van der Waals surface area (Å²) in [5.74, 6) is 0. The molecule has 0 aliphatic heterocycles. The Morgan fingerprint density at radius 2 is 1.93 bits per heavy atom. The summed E-state index contributed by atoms with van der Waals surface area (Å²) >= 11 is 0. The molecular formula is C12H18O2. The van der Waals surface area contributed by atoms with Crippen molar-refractivity contribution in [1.82, 2.24) is 0 Å². The van der Waals surface area contributed by atoms with Crippen molar-refractivity contribution in [2.24, 2.45) is 0 Å². The molecule has 78 valence electrons. The molecule has 0 amide bonds. The van der Waals surface area contributed by atoms with E-state index in [0.29, 0.717) is 0 Å². The highest BCUT2D eigenvalue weighted by Crippen LogP contribution is 2.22. The summed E-state index contributed by atoms with van der Waals surface area (Å²) in [7, 11) is 0. The van der Waals surface area contributed by atoms with Gasteiger partial charge in [-0.1, -0.05) is 56.5 Å². The molecule has 2 heteroatoms. The van der Waals surface area contributed by atoms with E-state index in [-0.39, 0.29) is 6.10 Å². The van der Waals surface area contributed by atoms with Gasteiger partial charge in [0.1, 0.15) is 6.10 Å². The van der Waals surface area contributed by atoms with Crippen LogP contribution in [0.15, 0.2) is 30.3 Å². The lowest BCUT2D eigenvalue weighted by Crippen LogP contribution is -2.01. The molecule has 1 aromatic rings. The Morgan fingerprint density at radius 1 is 1.21 bits per heavy atom. The van der Waals surface area contributed by atoms with E-state index in [4.69, 9.17) is 5.26 Å². The molecule has 0 fully saturated rings. The van der Waals surface area contributed by atoms with Crippen LogP contribution >= 0.6 is 0 Å². The molecule has 2 nitrogen and oxygen atoms in total. The molecule has 0 saturated heterocycles. The standard InChI is InChI=1S/C12H18O2/c1-2-3-5-10-12(14-13)11-8-6-4-7-9-11/h4,6-9,12-13H,2-3,5,10H2,1H3/t12-/m1/s1. The van der Waals surface area contributed by atoms with Crippen LogP contribution in [-0.2, 0) is 4.89 Å². The first kappa shape index (κ1) is 11.2. The van der Waals surface area contributed by atoms with Gasteiger partial charge < -0.3 is 0 Å². The van der Waals surface area contributed by atoms with Crippen LogP contribution in [0, 0.1) is 0 Å². The quantitative estimate of drug-likeness (QED) is 0.424. The minimum Gasteiger partial charge on any atom is -0.251 e. The molecule has 0 bridgehead atoms. The van der Waals surface area contributed by atoms with Gasteiger partial charge in [0.2, 0.25) is 0 Å². The molecule has 1 rings (SSSR count). The van der Waals surface area contributed by atoms with E-state index in [1.807, 2.05) is 30.3 Å². The summed E-state index contributed by atoms with van der Waals surface area (Å²) < 4.78 is 0. The molecule has 0 saturated carbocycles. The van der Waals surface area contributed by atoms with Gasteiger partial charge in [0, 0.05) is 0 Å². The van der Waals surface area contributed by atoms with Gasteiger partial charge in [0.15, 0.2) is 0 Å². The first-order chi connectivity index (χ1) is 6.88. The lowest BCUT2D eigenvalue weighted by atomic mass is 10.0. The number of hydrogen-bond acceptors (Lipinski definition) is 2. The van der Waals surface area contributed by atoms with Crippen molar-refractivity contribution in [3.05, 3.63) is 35.9 Å². The SMILES string of the molecule is CCCCC[C@@H](OO)c1ccccc1. The first-order valence-electron chi connectivity index (χ1n) is 5.23. The second-order valence-electron chi connectivity index (χ2n) is 3.50. The maximum absolute atomic E-state index is 8.78. The fraction of sp³-hybridized carbons (Fsp3) is 0.500. The lowest BCUT2D eigenvalue weighted by Gasteiger charge is -2.12. The van der Waals surface area contributed by atoms with E-state index in [1.54, 1.807) is 0 Å². The molecule has 1 aromatic carbocycles. The lowest BCUT2D eigenvalue weighted by molar-refractivity contribution is -0.283. The largest absolute Gasteiger partial charge is 0.251 e. The summed E-state index contributed by atoms with van der Waals surface area (Å²) in [6.07, 6.45) is 4.19. The Morgan fingerprint density at radius 3 is 2.50 bits per heavy atom. The number of hydrogen-bond donors (Lipinski definition) is 1. The zero-order valence-electron chi connectivity index (χ0n) is 8.65. The van der Waals surface area contributed by atoms with E-state index < -0.39 is 0 Å². The third kappa shape index (κ3) is 3.48. The Labute approximate surface area is 85.5 Å². The van der Waals surface area contributed by atoms with Crippen molar-refractivity contribution in [2.75, 3.05) is 0 Å². The van der Waals surface area contributed by atoms with Crippen LogP contribution in [0.25, 0.3) is 0 Å². The topological polar surface area (TPSA) is 29.5 Å². The van der Waals surface area contributed by atoms with Crippen molar-refractivity contribution in [2.45, 2.75) is 38.7 Å². The van der Waals surface area contributed by atoms with Gasteiger partial charge in [0.05, 0.1) is 0 Å². The van der Waals surface area contributed by atoms with E-state index >= 15 is 0 Å². The van der Waals surface area contributed by atoms with Crippen LogP contribution in [0.4, 0.5) is 0 Å². The Bertz CT molecular complexity index is 233. The monoisotopic (exact) mass is 194 g/mol. The minimum absolute atomic E-state index is 0.164. The predicted molar refractivity (Wildman–Crippen MR) is 57.0 cm³/mol. The van der Waals surface area contributed by atoms with Crippen molar-refractivity contribution in [3.63, 3.8) is 0 Å². The normalized spacial score (nSPS) is 12.7. The van der Waals surface area contributed by atoms with Crippen LogP contribution in [0.1, 0.15) is 44.3 Å². The van der Waals surface area contributed by atoms with Crippen LogP contribution < -0.4 is 0 Å². The minimum atomic E-state index is -0.164. The second kappa shape index (κ2) is 6.57. The van der Waals surface area contributed by atoms with Crippen LogP contribution in [-0.4, -0.2) is 5.26 Å². The molecule has 14 heavy (non-hydrogen) atoms. The van der Waals surface area contributed by atoms with Gasteiger partial charge in [-0.05, 0) is 12.0 Å². The summed E-state index contributed by atoms with van der Waals surface area (Å²) in [4.78, 5) is 4.48. The van der Waals surface area contributed by atoms with Crippen LogP contribution in [0.5, 0.6) is 0 Å². The molecular weight excluding hydrogens is 176 g/mol. The highest BCUT2D eigenvalue weighted by molar-refractivity contribution is 5.17. The molecule has 0 heterocycles. The number of unbranched alkanes of at least 4 members (excludes halogenated alkanes) is 2. The fourth-order valence-electron chi connectivity index (χ4n) is 1.53. The first-order valence-corrected chi connectivity index (χ1v) is 5.23. The van der Waals surface area contributed by atoms with Crippen molar-refractivity contribution < 1.29 is 10.1 Å². The zero-order chi connectivity index (χ0) is 10.2. The molecule has 0 aliphatic carbocycles. The summed E-state index contributed by atoms with van der Waals surface area (Å²) in [6, 6.07) is 9.84. The highest BCUT2D eigenvalue weighted by atomic mass is 17.1. The number of rotatable bonds is 6. The number of benzene rings is 1. The van der Waals surface area contributed by atoms with Crippen molar-refractivity contribution in [1.29, 1.82) is 0 Å². The van der Waals surface area contributed by atoms with Gasteiger partial charge in [-0.25, -0.2) is 4.89 Å². The summed E-state index contributed by atoms with van der Waals surface area (Å²) in [5.41, 5.74) is 1.05. The maximum Gasteiger partial charge on any atom is 0.118 e. The van der Waals surface area contributed by atoms with Gasteiger partial charge in [-0.15, -0.1) is 0 Å². The van der Waals surface area contributed by atoms with Gasteiger partial charge in [0.25, 0.3) is 0 Å². The summed E-state index contributed by atoms with van der Waals surface area (Å²) in [5, 5.41) is 8.78. The fourth-order valence-corrected chi connectivity index (χ4v) is 1.53. The smallest absolute Gasteiger partial charge is 0.118 e. The van der Waals surface area contributed by atoms with E-state index in [2.05, 4.69) is 11.8 Å². The molecule has 0 aromatic heterocycles. The Balaban J connectivity index is 2.46. The summed E-state index contributed by atoms with van der Waals surface area (Å²) in [6.45, 7) is 2.16.